The second-order valence-electron chi connectivity index (χ2n) is 6.17. The Bertz CT molecular complexity index is 945. The van der Waals surface area contributed by atoms with Crippen molar-refractivity contribution in [3.05, 3.63) is 60.3 Å². The van der Waals surface area contributed by atoms with Crippen molar-refractivity contribution >= 4 is 35.6 Å². The summed E-state index contributed by atoms with van der Waals surface area (Å²) in [7, 11) is 1.62. The number of hydrogen-bond acceptors (Lipinski definition) is 5. The van der Waals surface area contributed by atoms with Crippen molar-refractivity contribution in [2.45, 2.75) is 20.4 Å². The van der Waals surface area contributed by atoms with Gasteiger partial charge in [-0.05, 0) is 26.0 Å². The Kier molecular flexibility index (Phi) is 9.46. The number of aliphatic imine (C=N–C) groups is 1. The van der Waals surface area contributed by atoms with Crippen molar-refractivity contribution in [3.63, 3.8) is 0 Å². The molecule has 0 spiro atoms. The normalized spacial score (nSPS) is 10.8. The van der Waals surface area contributed by atoms with E-state index in [-0.39, 0.29) is 24.0 Å². The summed E-state index contributed by atoms with van der Waals surface area (Å²) in [6, 6.07) is 17.4. The van der Waals surface area contributed by atoms with Crippen LogP contribution in [0.25, 0.3) is 11.3 Å². The third-order valence-electron chi connectivity index (χ3n) is 4.09. The first-order valence-corrected chi connectivity index (χ1v) is 9.60. The lowest BCUT2D eigenvalue weighted by molar-refractivity contribution is 0.311. The molecule has 0 aliphatic rings. The highest BCUT2D eigenvalue weighted by molar-refractivity contribution is 14.0. The molecular weight excluding hydrogens is 495 g/mol. The first kappa shape index (κ1) is 23.5. The van der Waals surface area contributed by atoms with E-state index in [1.54, 1.807) is 7.11 Å². The highest BCUT2D eigenvalue weighted by Crippen LogP contribution is 2.30. The van der Waals surface area contributed by atoms with Crippen LogP contribution in [0.4, 0.5) is 5.69 Å². The maximum atomic E-state index is 5.64. The van der Waals surface area contributed by atoms with Gasteiger partial charge in [0.25, 0.3) is 0 Å². The number of nitrogens with zero attached hydrogens (tertiary/aromatic N) is 2. The maximum Gasteiger partial charge on any atom is 0.196 e. The number of methoxy groups -OCH3 is 1. The van der Waals surface area contributed by atoms with Crippen LogP contribution in [0.3, 0.4) is 0 Å². The number of guanidine groups is 1. The Balaban J connectivity index is 0.00000320. The number of rotatable bonds is 8. The molecular formula is C22H27IN4O3. The number of aromatic nitrogens is 1. The van der Waals surface area contributed by atoms with Crippen LogP contribution < -0.4 is 20.1 Å². The van der Waals surface area contributed by atoms with Crippen LogP contribution in [0.2, 0.25) is 0 Å². The van der Waals surface area contributed by atoms with Crippen LogP contribution in [0.1, 0.15) is 19.5 Å². The van der Waals surface area contributed by atoms with Crippen molar-refractivity contribution in [1.29, 1.82) is 0 Å². The van der Waals surface area contributed by atoms with Gasteiger partial charge in [-0.2, -0.15) is 0 Å². The summed E-state index contributed by atoms with van der Waals surface area (Å²) >= 11 is 0. The maximum absolute atomic E-state index is 5.64. The van der Waals surface area contributed by atoms with E-state index < -0.39 is 0 Å². The Morgan fingerprint density at radius 2 is 1.87 bits per heavy atom. The van der Waals surface area contributed by atoms with Gasteiger partial charge in [0, 0.05) is 29.9 Å². The molecule has 0 fully saturated rings. The minimum absolute atomic E-state index is 0. The molecule has 0 saturated carbocycles. The highest BCUT2D eigenvalue weighted by Gasteiger charge is 2.09. The third kappa shape index (κ3) is 6.38. The number of ether oxygens (including phenoxy) is 2. The van der Waals surface area contributed by atoms with Gasteiger partial charge in [0.2, 0.25) is 0 Å². The average Bonchev–Trinajstić information content (AvgIpc) is 3.22. The van der Waals surface area contributed by atoms with E-state index in [9.17, 15) is 0 Å². The van der Waals surface area contributed by atoms with Gasteiger partial charge in [-0.15, -0.1) is 24.0 Å². The Hall–Kier alpha value is -2.75. The third-order valence-corrected chi connectivity index (χ3v) is 4.09. The summed E-state index contributed by atoms with van der Waals surface area (Å²) in [5.74, 6) is 2.74. The molecule has 0 unspecified atom stereocenters. The van der Waals surface area contributed by atoms with E-state index in [1.807, 2.05) is 68.4 Å². The van der Waals surface area contributed by atoms with E-state index >= 15 is 0 Å². The van der Waals surface area contributed by atoms with Gasteiger partial charge >= 0.3 is 0 Å². The summed E-state index contributed by atoms with van der Waals surface area (Å²) in [4.78, 5) is 4.60. The molecule has 8 heteroatoms. The predicted molar refractivity (Wildman–Crippen MR) is 130 cm³/mol. The van der Waals surface area contributed by atoms with E-state index in [1.165, 1.54) is 0 Å². The van der Waals surface area contributed by atoms with Crippen LogP contribution in [0, 0.1) is 0 Å². The van der Waals surface area contributed by atoms with Gasteiger partial charge in [-0.3, -0.25) is 0 Å². The zero-order valence-corrected chi connectivity index (χ0v) is 19.7. The fourth-order valence-corrected chi connectivity index (χ4v) is 2.75. The largest absolute Gasteiger partial charge is 0.493 e. The van der Waals surface area contributed by atoms with Gasteiger partial charge in [0.05, 0.1) is 20.3 Å². The smallest absolute Gasteiger partial charge is 0.196 e. The topological polar surface area (TPSA) is 80.9 Å². The second-order valence-corrected chi connectivity index (χ2v) is 6.17. The van der Waals surface area contributed by atoms with Crippen LogP contribution in [-0.4, -0.2) is 31.4 Å². The second kappa shape index (κ2) is 12.1. The van der Waals surface area contributed by atoms with Crippen LogP contribution in [0.15, 0.2) is 64.1 Å². The molecule has 7 nitrogen and oxygen atoms in total. The molecule has 0 bridgehead atoms. The monoisotopic (exact) mass is 522 g/mol. The quantitative estimate of drug-likeness (QED) is 0.248. The Labute approximate surface area is 193 Å². The van der Waals surface area contributed by atoms with Crippen LogP contribution in [0.5, 0.6) is 11.5 Å². The molecule has 30 heavy (non-hydrogen) atoms. The van der Waals surface area contributed by atoms with Gasteiger partial charge < -0.3 is 24.6 Å². The summed E-state index contributed by atoms with van der Waals surface area (Å²) in [6.45, 7) is 5.63. The molecule has 160 valence electrons. The molecule has 2 N–H and O–H groups in total. The summed E-state index contributed by atoms with van der Waals surface area (Å²) in [6.07, 6.45) is 0. The summed E-state index contributed by atoms with van der Waals surface area (Å²) in [5.41, 5.74) is 2.59. The molecule has 3 aromatic rings. The molecule has 0 aliphatic heterocycles. The number of halogens is 1. The van der Waals surface area contributed by atoms with E-state index in [4.69, 9.17) is 14.0 Å². The zero-order valence-electron chi connectivity index (χ0n) is 17.3. The lowest BCUT2D eigenvalue weighted by atomic mass is 10.2. The van der Waals surface area contributed by atoms with Crippen molar-refractivity contribution in [3.8, 4) is 22.8 Å². The van der Waals surface area contributed by atoms with Crippen LogP contribution >= 0.6 is 24.0 Å². The van der Waals surface area contributed by atoms with Gasteiger partial charge in [0.15, 0.2) is 23.2 Å². The fraction of sp³-hybridized carbons (Fsp3) is 0.273. The molecule has 2 aromatic carbocycles. The highest BCUT2D eigenvalue weighted by atomic mass is 127. The molecule has 0 atom stereocenters. The zero-order chi connectivity index (χ0) is 20.5. The predicted octanol–water partition coefficient (Wildman–Crippen LogP) is 4.94. The summed E-state index contributed by atoms with van der Waals surface area (Å²) in [5, 5.41) is 10.6. The lowest BCUT2D eigenvalue weighted by Crippen LogP contribution is -2.30. The van der Waals surface area contributed by atoms with Crippen molar-refractivity contribution in [2.24, 2.45) is 4.99 Å². The molecule has 0 saturated heterocycles. The standard InChI is InChI=1S/C22H26N4O3.HI/c1-4-23-22(25-17-11-12-19(27-3)21(13-17)28-5-2)24-15-18-14-20(29-26-18)16-9-7-6-8-10-16;/h6-14H,4-5,15H2,1-3H3,(H2,23,24,25);1H. The molecule has 1 aromatic heterocycles. The average molecular weight is 522 g/mol. The Morgan fingerprint density at radius 3 is 2.57 bits per heavy atom. The number of anilines is 1. The first-order valence-electron chi connectivity index (χ1n) is 9.60. The summed E-state index contributed by atoms with van der Waals surface area (Å²) < 4.78 is 16.4. The van der Waals surface area contributed by atoms with Gasteiger partial charge in [0.1, 0.15) is 5.69 Å². The minimum atomic E-state index is 0. The molecule has 0 aliphatic carbocycles. The molecule has 3 rings (SSSR count). The van der Waals surface area contributed by atoms with Crippen LogP contribution in [-0.2, 0) is 6.54 Å². The minimum Gasteiger partial charge on any atom is -0.493 e. The fourth-order valence-electron chi connectivity index (χ4n) is 2.75. The molecule has 1 heterocycles. The van der Waals surface area contributed by atoms with Crippen molar-refractivity contribution in [1.82, 2.24) is 10.5 Å². The van der Waals surface area contributed by atoms with Gasteiger partial charge in [-0.1, -0.05) is 35.5 Å². The number of hydrogen-bond donors (Lipinski definition) is 2. The van der Waals surface area contributed by atoms with E-state index in [0.717, 1.165) is 29.2 Å². The number of benzene rings is 2. The van der Waals surface area contributed by atoms with E-state index in [2.05, 4.69) is 20.8 Å². The molecule has 0 radical (unpaired) electrons. The first-order chi connectivity index (χ1) is 14.2. The van der Waals surface area contributed by atoms with Crippen molar-refractivity contribution < 1.29 is 14.0 Å². The number of nitrogens with one attached hydrogen (secondary N) is 2. The van der Waals surface area contributed by atoms with Gasteiger partial charge in [-0.25, -0.2) is 4.99 Å². The lowest BCUT2D eigenvalue weighted by Gasteiger charge is -2.14. The Morgan fingerprint density at radius 1 is 1.07 bits per heavy atom. The van der Waals surface area contributed by atoms with E-state index in [0.29, 0.717) is 30.6 Å². The van der Waals surface area contributed by atoms with Crippen molar-refractivity contribution in [2.75, 3.05) is 25.6 Å². The SMILES string of the molecule is CCNC(=NCc1cc(-c2ccccc2)on1)Nc1ccc(OC)c(OCC)c1.I. The molecule has 0 amide bonds.